The fourth-order valence-electron chi connectivity index (χ4n) is 3.90. The molecule has 4 heteroatoms. The average Bonchev–Trinajstić information content (AvgIpc) is 3.31. The molecule has 120 valence electrons. The number of likely N-dealkylation sites (tertiary alicyclic amines) is 1. The average molecular weight is 310 g/mol. The Labute approximate surface area is 136 Å². The van der Waals surface area contributed by atoms with Crippen LogP contribution in [0, 0.1) is 0 Å². The maximum Gasteiger partial charge on any atom is 0.251 e. The fraction of sp³-hybridized carbons (Fsp3) is 0.474. The number of carbonyl (C=O) groups excluding carboxylic acids is 2. The molecule has 1 aromatic rings. The van der Waals surface area contributed by atoms with E-state index >= 15 is 0 Å². The molecule has 2 fully saturated rings. The molecule has 1 N–H and O–H groups in total. The Bertz CT molecular complexity index is 695. The molecule has 0 radical (unpaired) electrons. The minimum Gasteiger partial charge on any atom is -0.349 e. The first-order valence-electron chi connectivity index (χ1n) is 8.48. The molecular formula is C19H22N2O2. The molecule has 4 nitrogen and oxygen atoms in total. The molecule has 0 unspecified atom stereocenters. The molecule has 2 aliphatic carbocycles. The van der Waals surface area contributed by atoms with Gasteiger partial charge in [-0.15, -0.1) is 0 Å². The zero-order chi connectivity index (χ0) is 16.0. The van der Waals surface area contributed by atoms with E-state index in [0.29, 0.717) is 6.04 Å². The van der Waals surface area contributed by atoms with E-state index in [1.165, 1.54) is 5.56 Å². The van der Waals surface area contributed by atoms with Crippen LogP contribution in [0.15, 0.2) is 30.3 Å². The Morgan fingerprint density at radius 2 is 1.87 bits per heavy atom. The number of rotatable bonds is 2. The standard InChI is InChI=1S/C19H22N2O2/c1-13(22)21-10-8-19(9-11-21)12-16(18(23)20-14-6-7-14)15-4-2-3-5-17(15)19/h2-5,12,14H,6-11H2,1H3,(H,20,23). The van der Waals surface area contributed by atoms with Crippen molar-refractivity contribution in [3.8, 4) is 0 Å². The molecule has 0 aromatic heterocycles. The summed E-state index contributed by atoms with van der Waals surface area (Å²) in [4.78, 5) is 26.1. The van der Waals surface area contributed by atoms with Gasteiger partial charge in [-0.25, -0.2) is 0 Å². The van der Waals surface area contributed by atoms with E-state index < -0.39 is 0 Å². The Kier molecular flexibility index (Phi) is 3.29. The zero-order valence-electron chi connectivity index (χ0n) is 13.5. The van der Waals surface area contributed by atoms with Gasteiger partial charge in [-0.05, 0) is 36.8 Å². The molecule has 1 saturated carbocycles. The number of hydrogen-bond donors (Lipinski definition) is 1. The van der Waals surface area contributed by atoms with Crippen LogP contribution in [0.1, 0.15) is 43.7 Å². The SMILES string of the molecule is CC(=O)N1CCC2(C=C(C(=O)NC3CC3)c3ccccc32)CC1. The van der Waals surface area contributed by atoms with Gasteiger partial charge in [-0.3, -0.25) is 9.59 Å². The van der Waals surface area contributed by atoms with Crippen molar-refractivity contribution in [2.75, 3.05) is 13.1 Å². The van der Waals surface area contributed by atoms with Crippen molar-refractivity contribution >= 4 is 17.4 Å². The summed E-state index contributed by atoms with van der Waals surface area (Å²) in [6.07, 6.45) is 6.15. The van der Waals surface area contributed by atoms with Crippen molar-refractivity contribution in [3.63, 3.8) is 0 Å². The highest BCUT2D eigenvalue weighted by Gasteiger charge is 2.42. The van der Waals surface area contributed by atoms with Crippen molar-refractivity contribution in [1.29, 1.82) is 0 Å². The van der Waals surface area contributed by atoms with Gasteiger partial charge in [0.15, 0.2) is 0 Å². The topological polar surface area (TPSA) is 49.4 Å². The second-order valence-corrected chi connectivity index (χ2v) is 7.01. The first kappa shape index (κ1) is 14.5. The van der Waals surface area contributed by atoms with Crippen molar-refractivity contribution in [3.05, 3.63) is 41.5 Å². The third-order valence-electron chi connectivity index (χ3n) is 5.43. The van der Waals surface area contributed by atoms with E-state index in [4.69, 9.17) is 0 Å². The molecular weight excluding hydrogens is 288 g/mol. The van der Waals surface area contributed by atoms with E-state index in [1.807, 2.05) is 17.0 Å². The second-order valence-electron chi connectivity index (χ2n) is 7.01. The van der Waals surface area contributed by atoms with Crippen LogP contribution in [-0.4, -0.2) is 35.8 Å². The summed E-state index contributed by atoms with van der Waals surface area (Å²) in [7, 11) is 0. The van der Waals surface area contributed by atoms with Crippen LogP contribution in [0.2, 0.25) is 0 Å². The lowest BCUT2D eigenvalue weighted by molar-refractivity contribution is -0.130. The largest absolute Gasteiger partial charge is 0.349 e. The van der Waals surface area contributed by atoms with Gasteiger partial charge in [0.05, 0.1) is 0 Å². The van der Waals surface area contributed by atoms with Gasteiger partial charge < -0.3 is 10.2 Å². The van der Waals surface area contributed by atoms with Crippen LogP contribution in [0.4, 0.5) is 0 Å². The lowest BCUT2D eigenvalue weighted by atomic mass is 9.74. The van der Waals surface area contributed by atoms with E-state index in [1.54, 1.807) is 6.92 Å². The van der Waals surface area contributed by atoms with Crippen molar-refractivity contribution in [1.82, 2.24) is 10.2 Å². The minimum absolute atomic E-state index is 0.0609. The first-order chi connectivity index (χ1) is 11.1. The first-order valence-corrected chi connectivity index (χ1v) is 8.48. The highest BCUT2D eigenvalue weighted by molar-refractivity contribution is 6.21. The number of piperidine rings is 1. The number of nitrogens with zero attached hydrogens (tertiary/aromatic N) is 1. The molecule has 1 aromatic carbocycles. The predicted octanol–water partition coefficient (Wildman–Crippen LogP) is 2.24. The van der Waals surface area contributed by atoms with Crippen LogP contribution >= 0.6 is 0 Å². The number of fused-ring (bicyclic) bond motifs is 2. The minimum atomic E-state index is -0.0846. The maximum absolute atomic E-state index is 12.6. The Morgan fingerprint density at radius 3 is 2.52 bits per heavy atom. The highest BCUT2D eigenvalue weighted by Crippen LogP contribution is 2.47. The number of amides is 2. The molecule has 3 aliphatic rings. The van der Waals surface area contributed by atoms with Gasteiger partial charge in [0, 0.05) is 37.0 Å². The van der Waals surface area contributed by atoms with Crippen LogP contribution in [0.5, 0.6) is 0 Å². The summed E-state index contributed by atoms with van der Waals surface area (Å²) in [5.41, 5.74) is 3.06. The number of nitrogens with one attached hydrogen (secondary N) is 1. The third kappa shape index (κ3) is 2.46. The second kappa shape index (κ2) is 5.22. The molecule has 0 bridgehead atoms. The fourth-order valence-corrected chi connectivity index (χ4v) is 3.90. The summed E-state index contributed by atoms with van der Waals surface area (Å²) in [6, 6.07) is 8.62. The maximum atomic E-state index is 12.6. The summed E-state index contributed by atoms with van der Waals surface area (Å²) in [5.74, 6) is 0.202. The van der Waals surface area contributed by atoms with Gasteiger partial charge in [-0.2, -0.15) is 0 Å². The quantitative estimate of drug-likeness (QED) is 0.911. The zero-order valence-corrected chi connectivity index (χ0v) is 13.5. The third-order valence-corrected chi connectivity index (χ3v) is 5.43. The van der Waals surface area contributed by atoms with E-state index in [0.717, 1.165) is 49.9 Å². The smallest absolute Gasteiger partial charge is 0.251 e. The van der Waals surface area contributed by atoms with E-state index in [-0.39, 0.29) is 17.2 Å². The summed E-state index contributed by atoms with van der Waals surface area (Å²) in [5, 5.41) is 3.11. The number of hydrogen-bond acceptors (Lipinski definition) is 2. The van der Waals surface area contributed by atoms with Gasteiger partial charge in [0.25, 0.3) is 5.91 Å². The molecule has 1 aliphatic heterocycles. The molecule has 0 atom stereocenters. The summed E-state index contributed by atoms with van der Waals surface area (Å²) >= 11 is 0. The normalized spacial score (nSPS) is 21.8. The molecule has 1 heterocycles. The van der Waals surface area contributed by atoms with Gasteiger partial charge in [-0.1, -0.05) is 30.3 Å². The van der Waals surface area contributed by atoms with Crippen molar-refractivity contribution in [2.24, 2.45) is 0 Å². The summed E-state index contributed by atoms with van der Waals surface area (Å²) < 4.78 is 0. The number of benzene rings is 1. The monoisotopic (exact) mass is 310 g/mol. The van der Waals surface area contributed by atoms with Crippen LogP contribution in [0.3, 0.4) is 0 Å². The molecule has 1 spiro atoms. The predicted molar refractivity (Wildman–Crippen MR) is 88.7 cm³/mol. The molecule has 23 heavy (non-hydrogen) atoms. The van der Waals surface area contributed by atoms with Crippen molar-refractivity contribution < 1.29 is 9.59 Å². The Hall–Kier alpha value is -2.10. The van der Waals surface area contributed by atoms with Crippen LogP contribution in [-0.2, 0) is 15.0 Å². The lowest BCUT2D eigenvalue weighted by Crippen LogP contribution is -2.43. The van der Waals surface area contributed by atoms with Crippen LogP contribution < -0.4 is 5.32 Å². The molecule has 4 rings (SSSR count). The molecule has 2 amide bonds. The van der Waals surface area contributed by atoms with E-state index in [2.05, 4.69) is 23.5 Å². The van der Waals surface area contributed by atoms with Crippen LogP contribution in [0.25, 0.3) is 5.57 Å². The van der Waals surface area contributed by atoms with Gasteiger partial charge in [0.2, 0.25) is 5.91 Å². The van der Waals surface area contributed by atoms with Crippen molar-refractivity contribution in [2.45, 2.75) is 44.1 Å². The van der Waals surface area contributed by atoms with Gasteiger partial charge in [0.1, 0.15) is 0 Å². The molecule has 1 saturated heterocycles. The van der Waals surface area contributed by atoms with E-state index in [9.17, 15) is 9.59 Å². The Balaban J connectivity index is 1.66. The Morgan fingerprint density at radius 1 is 1.17 bits per heavy atom. The number of carbonyl (C=O) groups is 2. The summed E-state index contributed by atoms with van der Waals surface area (Å²) in [6.45, 7) is 3.15. The highest BCUT2D eigenvalue weighted by atomic mass is 16.2. The number of allylic oxidation sites excluding steroid dienone is 1. The van der Waals surface area contributed by atoms with Gasteiger partial charge >= 0.3 is 0 Å². The lowest BCUT2D eigenvalue weighted by Gasteiger charge is -2.38.